The number of para-hydroxylation sites is 1. The van der Waals surface area contributed by atoms with Crippen molar-refractivity contribution in [2.45, 2.75) is 5.41 Å². The molecule has 3 aromatic heterocycles. The number of hydrogen-bond donors (Lipinski definition) is 0. The van der Waals surface area contributed by atoms with Crippen LogP contribution >= 0.6 is 0 Å². The van der Waals surface area contributed by atoms with Crippen molar-refractivity contribution < 1.29 is 0 Å². The third-order valence-electron chi connectivity index (χ3n) is 13.4. The monoisotopic (exact) mass is 775 g/mol. The van der Waals surface area contributed by atoms with E-state index < -0.39 is 5.41 Å². The second-order valence-electron chi connectivity index (χ2n) is 16.3. The lowest BCUT2D eigenvalue weighted by atomic mass is 9.63. The number of fused-ring (bicyclic) bond motifs is 10. The van der Waals surface area contributed by atoms with Gasteiger partial charge in [0, 0.05) is 27.1 Å². The molecule has 0 aliphatic heterocycles. The highest BCUT2D eigenvalue weighted by atomic mass is 15.3. The third kappa shape index (κ3) is 4.21. The molecule has 0 N–H and O–H groups in total. The van der Waals surface area contributed by atoms with Crippen molar-refractivity contribution in [2.24, 2.45) is 0 Å². The summed E-state index contributed by atoms with van der Waals surface area (Å²) in [5.41, 5.74) is 14.8. The first-order chi connectivity index (χ1) is 30.3. The zero-order valence-electron chi connectivity index (χ0n) is 32.8. The average molecular weight is 776 g/mol. The molecule has 14 rings (SSSR count). The highest BCUT2D eigenvalue weighted by Crippen LogP contribution is 2.62. The van der Waals surface area contributed by atoms with Gasteiger partial charge in [-0.1, -0.05) is 176 Å². The van der Waals surface area contributed by atoms with Gasteiger partial charge in [0.1, 0.15) is 0 Å². The molecule has 0 radical (unpaired) electrons. The lowest BCUT2D eigenvalue weighted by Gasteiger charge is -2.37. The van der Waals surface area contributed by atoms with Crippen LogP contribution in [-0.2, 0) is 5.41 Å². The van der Waals surface area contributed by atoms with Crippen molar-refractivity contribution >= 4 is 54.4 Å². The van der Waals surface area contributed by atoms with E-state index in [1.54, 1.807) is 0 Å². The van der Waals surface area contributed by atoms with Gasteiger partial charge in [0.15, 0.2) is 5.82 Å². The van der Waals surface area contributed by atoms with Gasteiger partial charge < -0.3 is 0 Å². The van der Waals surface area contributed by atoms with E-state index in [2.05, 4.69) is 191 Å². The zero-order valence-corrected chi connectivity index (χ0v) is 32.8. The Morgan fingerprint density at radius 2 is 0.885 bits per heavy atom. The number of rotatable bonds is 4. The molecule has 0 fully saturated rings. The molecule has 5 heteroatoms. The van der Waals surface area contributed by atoms with Crippen molar-refractivity contribution in [3.63, 3.8) is 0 Å². The topological polar surface area (TPSA) is 48.5 Å². The van der Waals surface area contributed by atoms with Gasteiger partial charge in [-0.3, -0.25) is 9.13 Å². The molecule has 61 heavy (non-hydrogen) atoms. The lowest BCUT2D eigenvalue weighted by molar-refractivity contribution is 0.783. The molecule has 0 unspecified atom stereocenters. The van der Waals surface area contributed by atoms with Crippen LogP contribution in [0.15, 0.2) is 200 Å². The second-order valence-corrected chi connectivity index (χ2v) is 16.3. The molecule has 1 spiro atoms. The van der Waals surface area contributed by atoms with Crippen molar-refractivity contribution in [1.29, 1.82) is 0 Å². The Bertz CT molecular complexity index is 3780. The molecule has 0 atom stereocenters. The van der Waals surface area contributed by atoms with Crippen molar-refractivity contribution in [3.05, 3.63) is 222 Å². The van der Waals surface area contributed by atoms with Crippen LogP contribution in [0.4, 0.5) is 0 Å². The molecule has 2 aliphatic carbocycles. The Hall–Kier alpha value is -8.15. The Morgan fingerprint density at radius 3 is 1.64 bits per heavy atom. The highest BCUT2D eigenvalue weighted by Gasteiger charge is 2.50. The maximum Gasteiger partial charge on any atom is 0.240 e. The van der Waals surface area contributed by atoms with Gasteiger partial charge in [-0.25, -0.2) is 0 Å². The van der Waals surface area contributed by atoms with Gasteiger partial charge in [0.25, 0.3) is 0 Å². The van der Waals surface area contributed by atoms with Gasteiger partial charge in [-0.15, -0.1) is 0 Å². The Balaban J connectivity index is 1.11. The minimum absolute atomic E-state index is 0.501. The van der Waals surface area contributed by atoms with E-state index in [4.69, 9.17) is 15.0 Å². The largest absolute Gasteiger partial charge is 0.278 e. The molecule has 9 aromatic carbocycles. The summed E-state index contributed by atoms with van der Waals surface area (Å²) in [6, 6.07) is 72.4. The molecule has 282 valence electrons. The van der Waals surface area contributed by atoms with E-state index in [-0.39, 0.29) is 0 Å². The maximum atomic E-state index is 5.54. The first kappa shape index (κ1) is 32.8. The molecule has 5 nitrogen and oxygen atoms in total. The zero-order chi connectivity index (χ0) is 39.8. The van der Waals surface area contributed by atoms with Crippen LogP contribution in [-0.4, -0.2) is 24.1 Å². The van der Waals surface area contributed by atoms with Crippen LogP contribution in [0, 0.1) is 0 Å². The fourth-order valence-corrected chi connectivity index (χ4v) is 11.0. The molecular formula is C56H33N5. The molecule has 0 amide bonds. The predicted molar refractivity (Wildman–Crippen MR) is 248 cm³/mol. The van der Waals surface area contributed by atoms with Gasteiger partial charge in [0.05, 0.1) is 27.5 Å². The molecule has 3 heterocycles. The van der Waals surface area contributed by atoms with Crippen LogP contribution in [0.3, 0.4) is 0 Å². The summed E-state index contributed by atoms with van der Waals surface area (Å²) >= 11 is 0. The first-order valence-corrected chi connectivity index (χ1v) is 20.9. The van der Waals surface area contributed by atoms with Gasteiger partial charge >= 0.3 is 0 Å². The lowest BCUT2D eigenvalue weighted by Crippen LogP contribution is -2.30. The van der Waals surface area contributed by atoms with Gasteiger partial charge in [0.2, 0.25) is 11.9 Å². The van der Waals surface area contributed by atoms with Crippen LogP contribution in [0.2, 0.25) is 0 Å². The van der Waals surface area contributed by atoms with E-state index in [9.17, 15) is 0 Å². The quantitative estimate of drug-likeness (QED) is 0.179. The predicted octanol–water partition coefficient (Wildman–Crippen LogP) is 13.2. The molecule has 0 saturated heterocycles. The van der Waals surface area contributed by atoms with Crippen LogP contribution in [0.25, 0.3) is 99.9 Å². The summed E-state index contributed by atoms with van der Waals surface area (Å²) in [6.45, 7) is 0. The number of benzene rings is 9. The van der Waals surface area contributed by atoms with E-state index in [1.807, 2.05) is 18.2 Å². The Kier molecular flexibility index (Phi) is 6.43. The summed E-state index contributed by atoms with van der Waals surface area (Å²) in [6.07, 6.45) is 0. The van der Waals surface area contributed by atoms with E-state index >= 15 is 0 Å². The minimum atomic E-state index is -0.501. The van der Waals surface area contributed by atoms with Crippen molar-refractivity contribution in [1.82, 2.24) is 24.1 Å². The summed E-state index contributed by atoms with van der Waals surface area (Å²) in [7, 11) is 0. The smallest absolute Gasteiger partial charge is 0.240 e. The maximum absolute atomic E-state index is 5.54. The summed E-state index contributed by atoms with van der Waals surface area (Å²) < 4.78 is 4.51. The number of hydrogen-bond acceptors (Lipinski definition) is 3. The molecule has 0 saturated carbocycles. The summed E-state index contributed by atoms with van der Waals surface area (Å²) in [5, 5.41) is 7.27. The molecule has 0 bridgehead atoms. The van der Waals surface area contributed by atoms with Crippen LogP contribution in [0.1, 0.15) is 22.3 Å². The fraction of sp³-hybridized carbons (Fsp3) is 0.0179. The van der Waals surface area contributed by atoms with Crippen molar-refractivity contribution in [2.75, 3.05) is 0 Å². The van der Waals surface area contributed by atoms with Crippen LogP contribution in [0.5, 0.6) is 0 Å². The van der Waals surface area contributed by atoms with Gasteiger partial charge in [-0.2, -0.15) is 15.0 Å². The molecule has 12 aromatic rings. The van der Waals surface area contributed by atoms with Crippen LogP contribution < -0.4 is 0 Å². The minimum Gasteiger partial charge on any atom is -0.278 e. The number of nitrogens with zero attached hydrogens (tertiary/aromatic N) is 5. The van der Waals surface area contributed by atoms with E-state index in [1.165, 1.54) is 54.9 Å². The first-order valence-electron chi connectivity index (χ1n) is 20.9. The SMILES string of the molecule is c1ccc(-c2ccc3c4ccccc4n(-c4nc(-c5ccccc5)nc(-n5c6cccc7c6c6c8c(cccc8ccc65)C75c6ccccc6-c6ccccc65)n4)c3c2)cc1. The van der Waals surface area contributed by atoms with E-state index in [0.29, 0.717) is 17.7 Å². The normalized spacial score (nSPS) is 13.4. The average Bonchev–Trinajstić information content (AvgIpc) is 3.96. The van der Waals surface area contributed by atoms with Gasteiger partial charge in [-0.05, 0) is 79.5 Å². The second kappa shape index (κ2) is 12.0. The standard InChI is InChI=1S/C56H33N5/c1-3-15-34(16-4-1)37-29-31-41-40-22-9-12-27-46(40)60(49(41)33-37)54-57-53(36-17-5-2-6-18-36)58-55(59-54)61-47-28-14-26-45-51(47)52-48(61)32-30-35-19-13-25-44(50(35)52)56(45)42-23-10-7-20-38(42)39-21-8-11-24-43(39)56/h1-33H. The summed E-state index contributed by atoms with van der Waals surface area (Å²) in [5.74, 6) is 1.76. The van der Waals surface area contributed by atoms with Crippen molar-refractivity contribution in [3.8, 4) is 45.5 Å². The highest BCUT2D eigenvalue weighted by molar-refractivity contribution is 6.26. The third-order valence-corrected chi connectivity index (χ3v) is 13.4. The van der Waals surface area contributed by atoms with E-state index in [0.717, 1.165) is 49.5 Å². The molecule has 2 aliphatic rings. The summed E-state index contributed by atoms with van der Waals surface area (Å²) in [4.78, 5) is 16.3. The fourth-order valence-electron chi connectivity index (χ4n) is 11.0. The number of aromatic nitrogens is 5. The Morgan fingerprint density at radius 1 is 0.328 bits per heavy atom. The molecular weight excluding hydrogens is 743 g/mol. The Labute approximate surface area is 350 Å².